The molecule has 4 heteroatoms. The summed E-state index contributed by atoms with van der Waals surface area (Å²) in [4.78, 5) is 13.8. The Morgan fingerprint density at radius 1 is 1.09 bits per heavy atom. The van der Waals surface area contributed by atoms with Crippen molar-refractivity contribution >= 4 is 11.6 Å². The Morgan fingerprint density at radius 2 is 1.68 bits per heavy atom. The topological polar surface area (TPSA) is 55.6 Å². The van der Waals surface area contributed by atoms with Crippen LogP contribution < -0.4 is 15.4 Å². The molecule has 0 aliphatic rings. The molecule has 0 heterocycles. The molecule has 2 N–H and O–H groups in total. The maximum Gasteiger partial charge on any atom is 0.243 e. The lowest BCUT2D eigenvalue weighted by molar-refractivity contribution is -0.119. The number of nitrogens with zero attached hydrogens (tertiary/aromatic N) is 1. The third-order valence-electron chi connectivity index (χ3n) is 3.45. The molecule has 0 aliphatic heterocycles. The summed E-state index contributed by atoms with van der Waals surface area (Å²) in [5.41, 5.74) is 6.68. The quantitative estimate of drug-likeness (QED) is 0.887. The van der Waals surface area contributed by atoms with Gasteiger partial charge in [-0.15, -0.1) is 0 Å². The van der Waals surface area contributed by atoms with E-state index in [0.29, 0.717) is 6.42 Å². The van der Waals surface area contributed by atoms with Crippen LogP contribution in [0.2, 0.25) is 0 Å². The number of benzene rings is 2. The van der Waals surface area contributed by atoms with Gasteiger partial charge >= 0.3 is 0 Å². The van der Waals surface area contributed by atoms with Gasteiger partial charge < -0.3 is 15.4 Å². The number of hydrogen-bond donors (Lipinski definition) is 1. The van der Waals surface area contributed by atoms with Crippen LogP contribution in [0.4, 0.5) is 5.69 Å². The molecule has 22 heavy (non-hydrogen) atoms. The fourth-order valence-corrected chi connectivity index (χ4v) is 2.17. The first-order valence-corrected chi connectivity index (χ1v) is 7.48. The van der Waals surface area contributed by atoms with Crippen molar-refractivity contribution in [2.75, 3.05) is 11.9 Å². The van der Waals surface area contributed by atoms with E-state index < -0.39 is 6.04 Å². The fourth-order valence-electron chi connectivity index (χ4n) is 2.17. The molecule has 0 fully saturated rings. The van der Waals surface area contributed by atoms with Crippen LogP contribution in [0, 0.1) is 0 Å². The lowest BCUT2D eigenvalue weighted by Gasteiger charge is -2.21. The number of likely N-dealkylation sites (N-methyl/N-ethyl adjacent to an activating group) is 1. The molecule has 0 aromatic heterocycles. The number of para-hydroxylation sites is 1. The minimum absolute atomic E-state index is 0.0708. The summed E-state index contributed by atoms with van der Waals surface area (Å²) in [5.74, 6) is 1.44. The van der Waals surface area contributed by atoms with Crippen molar-refractivity contribution < 1.29 is 9.53 Å². The number of hydrogen-bond acceptors (Lipinski definition) is 3. The van der Waals surface area contributed by atoms with Crippen molar-refractivity contribution in [3.05, 3.63) is 54.6 Å². The number of anilines is 1. The zero-order valence-corrected chi connectivity index (χ0v) is 13.0. The summed E-state index contributed by atoms with van der Waals surface area (Å²) in [6.07, 6.45) is 1.59. The normalized spacial score (nSPS) is 11.8. The zero-order valence-electron chi connectivity index (χ0n) is 13.0. The minimum Gasteiger partial charge on any atom is -0.457 e. The van der Waals surface area contributed by atoms with Crippen LogP contribution in [-0.4, -0.2) is 19.0 Å². The van der Waals surface area contributed by atoms with Gasteiger partial charge in [-0.2, -0.15) is 0 Å². The Morgan fingerprint density at radius 3 is 2.27 bits per heavy atom. The average molecular weight is 298 g/mol. The molecule has 1 atom stereocenters. The van der Waals surface area contributed by atoms with Crippen LogP contribution in [0.1, 0.15) is 19.8 Å². The van der Waals surface area contributed by atoms with E-state index in [1.165, 1.54) is 0 Å². The number of ether oxygens (including phenoxy) is 1. The molecule has 2 rings (SSSR count). The smallest absolute Gasteiger partial charge is 0.243 e. The van der Waals surface area contributed by atoms with E-state index in [1.807, 2.05) is 61.5 Å². The van der Waals surface area contributed by atoms with Gasteiger partial charge in [0.05, 0.1) is 6.04 Å². The maximum absolute atomic E-state index is 12.2. The first-order valence-electron chi connectivity index (χ1n) is 7.48. The molecule has 0 bridgehead atoms. The zero-order chi connectivity index (χ0) is 15.9. The van der Waals surface area contributed by atoms with Crippen molar-refractivity contribution in [2.24, 2.45) is 5.73 Å². The molecule has 2 aromatic rings. The summed E-state index contributed by atoms with van der Waals surface area (Å²) in [6.45, 7) is 2.02. The van der Waals surface area contributed by atoms with Crippen molar-refractivity contribution in [1.82, 2.24) is 0 Å². The van der Waals surface area contributed by atoms with E-state index in [2.05, 4.69) is 0 Å². The maximum atomic E-state index is 12.2. The number of nitrogens with two attached hydrogens (primary N) is 1. The van der Waals surface area contributed by atoms with E-state index in [9.17, 15) is 4.79 Å². The van der Waals surface area contributed by atoms with Crippen LogP contribution >= 0.6 is 0 Å². The fraction of sp³-hybridized carbons (Fsp3) is 0.278. The van der Waals surface area contributed by atoms with Crippen molar-refractivity contribution in [3.8, 4) is 11.5 Å². The average Bonchev–Trinajstić information content (AvgIpc) is 2.55. The second-order valence-corrected chi connectivity index (χ2v) is 5.20. The monoisotopic (exact) mass is 298 g/mol. The van der Waals surface area contributed by atoms with Gasteiger partial charge in [-0.05, 0) is 42.8 Å². The molecule has 2 aromatic carbocycles. The number of carbonyl (C=O) groups is 1. The second kappa shape index (κ2) is 7.61. The van der Waals surface area contributed by atoms with Gasteiger partial charge in [-0.1, -0.05) is 31.5 Å². The Hall–Kier alpha value is -2.33. The van der Waals surface area contributed by atoms with E-state index >= 15 is 0 Å². The Kier molecular flexibility index (Phi) is 5.55. The molecule has 0 spiro atoms. The van der Waals surface area contributed by atoms with Crippen LogP contribution in [0.3, 0.4) is 0 Å². The molecule has 4 nitrogen and oxygen atoms in total. The van der Waals surface area contributed by atoms with Gasteiger partial charge in [0.25, 0.3) is 0 Å². The first kappa shape index (κ1) is 16.0. The molecule has 0 aliphatic carbocycles. The lowest BCUT2D eigenvalue weighted by atomic mass is 10.1. The van der Waals surface area contributed by atoms with Crippen molar-refractivity contribution in [1.29, 1.82) is 0 Å². The largest absolute Gasteiger partial charge is 0.457 e. The molecule has 1 unspecified atom stereocenters. The Bertz CT molecular complexity index is 596. The summed E-state index contributed by atoms with van der Waals surface area (Å²) in [6, 6.07) is 16.5. The minimum atomic E-state index is -0.449. The van der Waals surface area contributed by atoms with Gasteiger partial charge in [0.1, 0.15) is 11.5 Å². The predicted octanol–water partition coefficient (Wildman–Crippen LogP) is 3.57. The summed E-state index contributed by atoms with van der Waals surface area (Å²) in [5, 5.41) is 0. The summed E-state index contributed by atoms with van der Waals surface area (Å²) in [7, 11) is 1.74. The summed E-state index contributed by atoms with van der Waals surface area (Å²) >= 11 is 0. The number of carbonyl (C=O) groups excluding carboxylic acids is 1. The number of rotatable bonds is 6. The lowest BCUT2D eigenvalue weighted by Crippen LogP contribution is -2.41. The highest BCUT2D eigenvalue weighted by Gasteiger charge is 2.18. The third-order valence-corrected chi connectivity index (χ3v) is 3.45. The molecule has 1 amide bonds. The highest BCUT2D eigenvalue weighted by Crippen LogP contribution is 2.24. The predicted molar refractivity (Wildman–Crippen MR) is 89.3 cm³/mol. The number of amides is 1. The second-order valence-electron chi connectivity index (χ2n) is 5.20. The van der Waals surface area contributed by atoms with Crippen LogP contribution in [0.15, 0.2) is 54.6 Å². The van der Waals surface area contributed by atoms with Crippen molar-refractivity contribution in [2.45, 2.75) is 25.8 Å². The Labute approximate surface area is 131 Å². The molecule has 0 radical (unpaired) electrons. The molecule has 116 valence electrons. The first-order chi connectivity index (χ1) is 10.6. The third kappa shape index (κ3) is 4.09. The van der Waals surface area contributed by atoms with E-state index in [-0.39, 0.29) is 5.91 Å². The molecular formula is C18H22N2O2. The van der Waals surface area contributed by atoms with Gasteiger partial charge in [0, 0.05) is 12.7 Å². The molecule has 0 saturated carbocycles. The highest BCUT2D eigenvalue weighted by atomic mass is 16.5. The SMILES string of the molecule is CCCC(N)C(=O)N(C)c1ccc(Oc2ccccc2)cc1. The standard InChI is InChI=1S/C18H22N2O2/c1-3-7-17(19)18(21)20(2)14-10-12-16(13-11-14)22-15-8-5-4-6-9-15/h4-6,8-13,17H,3,7,19H2,1-2H3. The van der Waals surface area contributed by atoms with Gasteiger partial charge in [-0.3, -0.25) is 4.79 Å². The van der Waals surface area contributed by atoms with Crippen LogP contribution in [0.25, 0.3) is 0 Å². The molecule has 0 saturated heterocycles. The van der Waals surface area contributed by atoms with Gasteiger partial charge in [0.2, 0.25) is 5.91 Å². The summed E-state index contributed by atoms with van der Waals surface area (Å²) < 4.78 is 5.73. The van der Waals surface area contributed by atoms with Crippen LogP contribution in [0.5, 0.6) is 11.5 Å². The highest BCUT2D eigenvalue weighted by molar-refractivity contribution is 5.96. The van der Waals surface area contributed by atoms with Gasteiger partial charge in [0.15, 0.2) is 0 Å². The Balaban J connectivity index is 2.03. The van der Waals surface area contributed by atoms with Gasteiger partial charge in [-0.25, -0.2) is 0 Å². The molecular weight excluding hydrogens is 276 g/mol. The van der Waals surface area contributed by atoms with Crippen molar-refractivity contribution in [3.63, 3.8) is 0 Å². The van der Waals surface area contributed by atoms with E-state index in [0.717, 1.165) is 23.6 Å². The van der Waals surface area contributed by atoms with E-state index in [4.69, 9.17) is 10.5 Å². The van der Waals surface area contributed by atoms with Crippen LogP contribution in [-0.2, 0) is 4.79 Å². The van der Waals surface area contributed by atoms with E-state index in [1.54, 1.807) is 11.9 Å².